The van der Waals surface area contributed by atoms with Gasteiger partial charge in [0.05, 0.1) is 6.33 Å². The lowest BCUT2D eigenvalue weighted by molar-refractivity contribution is 0.435. The van der Waals surface area contributed by atoms with Crippen LogP contribution < -0.4 is 5.32 Å². The quantitative estimate of drug-likeness (QED) is 0.870. The first-order valence-electron chi connectivity index (χ1n) is 6.20. The fraction of sp³-hybridized carbons (Fsp3) is 0.357. The average molecular weight is 227 g/mol. The number of hydrogen-bond acceptors (Lipinski definition) is 2. The molecule has 1 fully saturated rings. The third kappa shape index (κ3) is 1.87. The van der Waals surface area contributed by atoms with Crippen molar-refractivity contribution in [1.82, 2.24) is 14.9 Å². The van der Waals surface area contributed by atoms with E-state index in [0.29, 0.717) is 5.92 Å². The van der Waals surface area contributed by atoms with Gasteiger partial charge in [-0.3, -0.25) is 0 Å². The molecule has 0 amide bonds. The minimum absolute atomic E-state index is 0.614. The summed E-state index contributed by atoms with van der Waals surface area (Å²) in [6, 6.07) is 8.69. The minimum atomic E-state index is 0.614. The van der Waals surface area contributed by atoms with Gasteiger partial charge in [-0.05, 0) is 24.1 Å². The molecule has 0 unspecified atom stereocenters. The molecule has 0 atom stereocenters. The Balaban J connectivity index is 1.99. The molecule has 1 aromatic heterocycles. The number of benzene rings is 1. The van der Waals surface area contributed by atoms with Crippen molar-refractivity contribution in [3.63, 3.8) is 0 Å². The summed E-state index contributed by atoms with van der Waals surface area (Å²) in [7, 11) is 0. The molecule has 2 aromatic rings. The summed E-state index contributed by atoms with van der Waals surface area (Å²) >= 11 is 0. The zero-order valence-electron chi connectivity index (χ0n) is 10.1. The van der Waals surface area contributed by atoms with Crippen LogP contribution in [0.1, 0.15) is 24.1 Å². The maximum absolute atomic E-state index is 4.29. The molecule has 2 heterocycles. The minimum Gasteiger partial charge on any atom is -0.315 e. The molecule has 0 bridgehead atoms. The van der Waals surface area contributed by atoms with Crippen molar-refractivity contribution in [2.45, 2.75) is 19.3 Å². The SMILES string of the molecule is CCc1cccc(-n2cncc2C2CNC2)c1. The average Bonchev–Trinajstić information content (AvgIpc) is 2.76. The lowest BCUT2D eigenvalue weighted by Crippen LogP contribution is -2.40. The molecule has 0 saturated carbocycles. The second-order valence-electron chi connectivity index (χ2n) is 4.57. The third-order valence-corrected chi connectivity index (χ3v) is 3.46. The number of rotatable bonds is 3. The highest BCUT2D eigenvalue weighted by Crippen LogP contribution is 2.23. The van der Waals surface area contributed by atoms with Crippen molar-refractivity contribution in [3.8, 4) is 5.69 Å². The molecule has 1 N–H and O–H groups in total. The summed E-state index contributed by atoms with van der Waals surface area (Å²) < 4.78 is 2.21. The molecule has 1 aliphatic rings. The lowest BCUT2D eigenvalue weighted by Gasteiger charge is -2.27. The summed E-state index contributed by atoms with van der Waals surface area (Å²) in [6.45, 7) is 4.32. The van der Waals surface area contributed by atoms with Crippen molar-refractivity contribution in [1.29, 1.82) is 0 Å². The molecule has 1 aromatic carbocycles. The van der Waals surface area contributed by atoms with E-state index in [0.717, 1.165) is 19.5 Å². The fourth-order valence-corrected chi connectivity index (χ4v) is 2.25. The Morgan fingerprint density at radius 1 is 1.41 bits per heavy atom. The number of hydrogen-bond donors (Lipinski definition) is 1. The Kier molecular flexibility index (Phi) is 2.69. The van der Waals surface area contributed by atoms with Crippen LogP contribution in [0.2, 0.25) is 0 Å². The van der Waals surface area contributed by atoms with Gasteiger partial charge in [0, 0.05) is 36.6 Å². The van der Waals surface area contributed by atoms with Crippen LogP contribution in [0.4, 0.5) is 0 Å². The van der Waals surface area contributed by atoms with Gasteiger partial charge >= 0.3 is 0 Å². The second-order valence-corrected chi connectivity index (χ2v) is 4.57. The van der Waals surface area contributed by atoms with Gasteiger partial charge in [-0.15, -0.1) is 0 Å². The second kappa shape index (κ2) is 4.34. The van der Waals surface area contributed by atoms with Crippen LogP contribution in [0.5, 0.6) is 0 Å². The van der Waals surface area contributed by atoms with E-state index in [2.05, 4.69) is 46.1 Å². The van der Waals surface area contributed by atoms with Crippen molar-refractivity contribution in [2.24, 2.45) is 0 Å². The van der Waals surface area contributed by atoms with E-state index in [4.69, 9.17) is 0 Å². The fourth-order valence-electron chi connectivity index (χ4n) is 2.25. The zero-order valence-corrected chi connectivity index (χ0v) is 10.1. The molecule has 0 aliphatic carbocycles. The molecule has 1 saturated heterocycles. The molecule has 3 heteroatoms. The number of nitrogens with one attached hydrogen (secondary N) is 1. The zero-order chi connectivity index (χ0) is 11.7. The summed E-state index contributed by atoms with van der Waals surface area (Å²) in [4.78, 5) is 4.29. The van der Waals surface area contributed by atoms with E-state index < -0.39 is 0 Å². The van der Waals surface area contributed by atoms with Crippen LogP contribution in [0.3, 0.4) is 0 Å². The Morgan fingerprint density at radius 3 is 3.00 bits per heavy atom. The molecule has 88 valence electrons. The number of imidazole rings is 1. The Bertz CT molecular complexity index is 512. The summed E-state index contributed by atoms with van der Waals surface area (Å²) in [5.74, 6) is 0.614. The lowest BCUT2D eigenvalue weighted by atomic mass is 9.99. The largest absolute Gasteiger partial charge is 0.315 e. The third-order valence-electron chi connectivity index (χ3n) is 3.46. The van der Waals surface area contributed by atoms with Gasteiger partial charge in [-0.2, -0.15) is 0 Å². The first kappa shape index (κ1) is 10.5. The normalized spacial score (nSPS) is 15.8. The topological polar surface area (TPSA) is 29.9 Å². The van der Waals surface area contributed by atoms with Crippen LogP contribution in [0, 0.1) is 0 Å². The van der Waals surface area contributed by atoms with Crippen LogP contribution in [0.15, 0.2) is 36.8 Å². The number of aromatic nitrogens is 2. The number of nitrogens with zero attached hydrogens (tertiary/aromatic N) is 2. The summed E-state index contributed by atoms with van der Waals surface area (Å²) in [6.07, 6.45) is 4.98. The van der Waals surface area contributed by atoms with E-state index in [-0.39, 0.29) is 0 Å². The van der Waals surface area contributed by atoms with Crippen LogP contribution in [-0.2, 0) is 6.42 Å². The molecule has 0 spiro atoms. The van der Waals surface area contributed by atoms with Gasteiger partial charge in [-0.25, -0.2) is 4.98 Å². The molecule has 1 aliphatic heterocycles. The van der Waals surface area contributed by atoms with Gasteiger partial charge < -0.3 is 9.88 Å². The highest BCUT2D eigenvalue weighted by molar-refractivity contribution is 5.38. The first-order valence-corrected chi connectivity index (χ1v) is 6.20. The monoisotopic (exact) mass is 227 g/mol. The molecule has 17 heavy (non-hydrogen) atoms. The van der Waals surface area contributed by atoms with Crippen LogP contribution in [-0.4, -0.2) is 22.6 Å². The number of aryl methyl sites for hydroxylation is 1. The first-order chi connectivity index (χ1) is 8.38. The molecule has 0 radical (unpaired) electrons. The van der Waals surface area contributed by atoms with Crippen molar-refractivity contribution in [2.75, 3.05) is 13.1 Å². The van der Waals surface area contributed by atoms with Gasteiger partial charge in [-0.1, -0.05) is 19.1 Å². The van der Waals surface area contributed by atoms with Crippen LogP contribution in [0.25, 0.3) is 5.69 Å². The van der Waals surface area contributed by atoms with E-state index in [1.54, 1.807) is 0 Å². The maximum atomic E-state index is 4.29. The van der Waals surface area contributed by atoms with Crippen molar-refractivity contribution < 1.29 is 0 Å². The van der Waals surface area contributed by atoms with Crippen molar-refractivity contribution in [3.05, 3.63) is 48.0 Å². The van der Waals surface area contributed by atoms with Gasteiger partial charge in [0.15, 0.2) is 0 Å². The van der Waals surface area contributed by atoms with Gasteiger partial charge in [0.2, 0.25) is 0 Å². The molecular weight excluding hydrogens is 210 g/mol. The Morgan fingerprint density at radius 2 is 2.29 bits per heavy atom. The molecular formula is C14H17N3. The maximum Gasteiger partial charge on any atom is 0.0994 e. The standard InChI is InChI=1S/C14H17N3/c1-2-11-4-3-5-13(6-11)17-10-16-9-14(17)12-7-15-8-12/h3-6,9-10,12,15H,2,7-8H2,1H3. The van der Waals surface area contributed by atoms with E-state index in [1.165, 1.54) is 16.9 Å². The van der Waals surface area contributed by atoms with Gasteiger partial charge in [0.1, 0.15) is 0 Å². The van der Waals surface area contributed by atoms with Crippen LogP contribution >= 0.6 is 0 Å². The highest BCUT2D eigenvalue weighted by Gasteiger charge is 2.22. The summed E-state index contributed by atoms with van der Waals surface area (Å²) in [5, 5.41) is 3.31. The van der Waals surface area contributed by atoms with Crippen molar-refractivity contribution >= 4 is 0 Å². The van der Waals surface area contributed by atoms with Gasteiger partial charge in [0.25, 0.3) is 0 Å². The summed E-state index contributed by atoms with van der Waals surface area (Å²) in [5.41, 5.74) is 3.91. The van der Waals surface area contributed by atoms with E-state index in [1.807, 2.05) is 12.5 Å². The Labute approximate surface area is 101 Å². The predicted molar refractivity (Wildman–Crippen MR) is 68.6 cm³/mol. The Hall–Kier alpha value is -1.61. The van der Waals surface area contributed by atoms with E-state index >= 15 is 0 Å². The molecule has 3 rings (SSSR count). The molecule has 3 nitrogen and oxygen atoms in total. The highest BCUT2D eigenvalue weighted by atomic mass is 15.1. The predicted octanol–water partition coefficient (Wildman–Crippen LogP) is 2.12. The van der Waals surface area contributed by atoms with E-state index in [9.17, 15) is 0 Å². The smallest absolute Gasteiger partial charge is 0.0994 e.